The van der Waals surface area contributed by atoms with E-state index in [4.69, 9.17) is 0 Å². The van der Waals surface area contributed by atoms with Gasteiger partial charge in [0.1, 0.15) is 5.82 Å². The van der Waals surface area contributed by atoms with Crippen LogP contribution in [0.15, 0.2) is 77.6 Å². The first-order valence-corrected chi connectivity index (χ1v) is 9.09. The number of para-hydroxylation sites is 1. The Morgan fingerprint density at radius 3 is 2.60 bits per heavy atom. The largest absolute Gasteiger partial charge is 0.322 e. The van der Waals surface area contributed by atoms with Gasteiger partial charge in [0, 0.05) is 23.4 Å². The standard InChI is InChI=1S/C22H16N4O4/c1-14-23-20-11-3-2-10-19(20)22(28)25(14)17-8-5-7-16(13-17)24-21(27)15-6-4-9-18(12-15)26(29)30/h2-13H,1H3,(H,24,27). The Hall–Kier alpha value is -4.33. The predicted octanol–water partition coefficient (Wildman–Crippen LogP) is 3.85. The number of carbonyl (C=O) groups excluding carboxylic acids is 1. The van der Waals surface area contributed by atoms with Gasteiger partial charge in [0.15, 0.2) is 0 Å². The van der Waals surface area contributed by atoms with Crippen LogP contribution in [0.4, 0.5) is 11.4 Å². The second-order valence-corrected chi connectivity index (χ2v) is 6.63. The smallest absolute Gasteiger partial charge is 0.270 e. The topological polar surface area (TPSA) is 107 Å². The summed E-state index contributed by atoms with van der Waals surface area (Å²) in [6.07, 6.45) is 0. The van der Waals surface area contributed by atoms with Crippen molar-refractivity contribution in [1.29, 1.82) is 0 Å². The Morgan fingerprint density at radius 1 is 1.03 bits per heavy atom. The first-order valence-electron chi connectivity index (χ1n) is 9.09. The van der Waals surface area contributed by atoms with Crippen LogP contribution >= 0.6 is 0 Å². The number of aryl methyl sites for hydroxylation is 1. The van der Waals surface area contributed by atoms with Crippen molar-refractivity contribution in [1.82, 2.24) is 9.55 Å². The second-order valence-electron chi connectivity index (χ2n) is 6.63. The molecule has 1 amide bonds. The maximum absolute atomic E-state index is 13.0. The Kier molecular flexibility index (Phi) is 4.81. The molecule has 8 heteroatoms. The zero-order chi connectivity index (χ0) is 21.3. The van der Waals surface area contributed by atoms with E-state index in [1.165, 1.54) is 28.8 Å². The molecule has 30 heavy (non-hydrogen) atoms. The third-order valence-corrected chi connectivity index (χ3v) is 4.62. The molecule has 0 atom stereocenters. The number of hydrogen-bond donors (Lipinski definition) is 1. The van der Waals surface area contributed by atoms with Crippen molar-refractivity contribution in [3.8, 4) is 5.69 Å². The van der Waals surface area contributed by atoms with Gasteiger partial charge in [-0.15, -0.1) is 0 Å². The molecule has 0 aliphatic carbocycles. The summed E-state index contributed by atoms with van der Waals surface area (Å²) in [5.74, 6) is 0.0254. The number of rotatable bonds is 4. The van der Waals surface area contributed by atoms with Crippen molar-refractivity contribution < 1.29 is 9.72 Å². The van der Waals surface area contributed by atoms with Crippen molar-refractivity contribution in [2.45, 2.75) is 6.92 Å². The quantitative estimate of drug-likeness (QED) is 0.413. The van der Waals surface area contributed by atoms with Gasteiger partial charge in [-0.3, -0.25) is 24.3 Å². The van der Waals surface area contributed by atoms with E-state index < -0.39 is 10.8 Å². The first kappa shape index (κ1) is 19.0. The van der Waals surface area contributed by atoms with Gasteiger partial charge in [0.2, 0.25) is 0 Å². The number of nitro benzene ring substituents is 1. The molecule has 148 valence electrons. The van der Waals surface area contributed by atoms with Gasteiger partial charge in [-0.1, -0.05) is 24.3 Å². The maximum Gasteiger partial charge on any atom is 0.270 e. The van der Waals surface area contributed by atoms with E-state index in [9.17, 15) is 19.7 Å². The SMILES string of the molecule is Cc1nc2ccccc2c(=O)n1-c1cccc(NC(=O)c2cccc([N+](=O)[O-])c2)c1. The number of fused-ring (bicyclic) bond motifs is 1. The van der Waals surface area contributed by atoms with Crippen LogP contribution in [-0.4, -0.2) is 20.4 Å². The normalized spacial score (nSPS) is 10.7. The van der Waals surface area contributed by atoms with Crippen LogP contribution in [0.3, 0.4) is 0 Å². The minimum Gasteiger partial charge on any atom is -0.322 e. The molecule has 0 saturated heterocycles. The minimum absolute atomic E-state index is 0.162. The van der Waals surface area contributed by atoms with Crippen molar-refractivity contribution in [2.24, 2.45) is 0 Å². The molecule has 0 radical (unpaired) electrons. The van der Waals surface area contributed by atoms with Crippen LogP contribution in [0.25, 0.3) is 16.6 Å². The molecular formula is C22H16N4O4. The highest BCUT2D eigenvalue weighted by Crippen LogP contribution is 2.19. The van der Waals surface area contributed by atoms with Crippen LogP contribution < -0.4 is 10.9 Å². The van der Waals surface area contributed by atoms with Gasteiger partial charge in [-0.25, -0.2) is 4.98 Å². The lowest BCUT2D eigenvalue weighted by molar-refractivity contribution is -0.384. The number of amides is 1. The van der Waals surface area contributed by atoms with E-state index in [1.54, 1.807) is 49.4 Å². The van der Waals surface area contributed by atoms with E-state index >= 15 is 0 Å². The zero-order valence-electron chi connectivity index (χ0n) is 15.9. The van der Waals surface area contributed by atoms with E-state index in [-0.39, 0.29) is 16.8 Å². The summed E-state index contributed by atoms with van der Waals surface area (Å²) >= 11 is 0. The number of benzene rings is 3. The molecule has 0 aliphatic rings. The van der Waals surface area contributed by atoms with Gasteiger partial charge >= 0.3 is 0 Å². The Balaban J connectivity index is 1.70. The van der Waals surface area contributed by atoms with Gasteiger partial charge < -0.3 is 5.32 Å². The number of nitrogens with one attached hydrogen (secondary N) is 1. The molecule has 0 aliphatic heterocycles. The minimum atomic E-state index is -0.556. The second kappa shape index (κ2) is 7.59. The maximum atomic E-state index is 13.0. The summed E-state index contributed by atoms with van der Waals surface area (Å²) in [7, 11) is 0. The summed E-state index contributed by atoms with van der Waals surface area (Å²) in [5, 5.41) is 14.1. The van der Waals surface area contributed by atoms with Crippen molar-refractivity contribution in [3.63, 3.8) is 0 Å². The molecule has 4 aromatic rings. The molecule has 0 saturated carbocycles. The van der Waals surface area contributed by atoms with Gasteiger partial charge in [0.25, 0.3) is 17.2 Å². The number of hydrogen-bond acceptors (Lipinski definition) is 5. The lowest BCUT2D eigenvalue weighted by Crippen LogP contribution is -2.22. The lowest BCUT2D eigenvalue weighted by atomic mass is 10.2. The Labute approximate surface area is 170 Å². The summed E-state index contributed by atoms with van der Waals surface area (Å²) < 4.78 is 1.48. The third-order valence-electron chi connectivity index (χ3n) is 4.62. The molecular weight excluding hydrogens is 384 g/mol. The number of non-ortho nitro benzene ring substituents is 1. The monoisotopic (exact) mass is 400 g/mol. The molecule has 0 unspecified atom stereocenters. The first-order chi connectivity index (χ1) is 14.4. The molecule has 0 spiro atoms. The van der Waals surface area contributed by atoms with Crippen LogP contribution in [0, 0.1) is 17.0 Å². The fourth-order valence-corrected chi connectivity index (χ4v) is 3.23. The molecule has 8 nitrogen and oxygen atoms in total. The predicted molar refractivity (Wildman–Crippen MR) is 113 cm³/mol. The number of aromatic nitrogens is 2. The molecule has 0 fully saturated rings. The fourth-order valence-electron chi connectivity index (χ4n) is 3.23. The average molecular weight is 400 g/mol. The highest BCUT2D eigenvalue weighted by atomic mass is 16.6. The van der Waals surface area contributed by atoms with Crippen LogP contribution in [0.2, 0.25) is 0 Å². The van der Waals surface area contributed by atoms with Gasteiger partial charge in [-0.05, 0) is 43.3 Å². The Morgan fingerprint density at radius 2 is 1.80 bits per heavy atom. The average Bonchev–Trinajstić information content (AvgIpc) is 2.74. The summed E-state index contributed by atoms with van der Waals surface area (Å²) in [4.78, 5) is 40.4. The molecule has 1 aromatic heterocycles. The highest BCUT2D eigenvalue weighted by Gasteiger charge is 2.13. The Bertz CT molecular complexity index is 1360. The molecule has 4 rings (SSSR count). The molecule has 3 aromatic carbocycles. The van der Waals surface area contributed by atoms with Crippen molar-refractivity contribution in [2.75, 3.05) is 5.32 Å². The van der Waals surface area contributed by atoms with E-state index in [2.05, 4.69) is 10.3 Å². The molecule has 1 heterocycles. The van der Waals surface area contributed by atoms with E-state index in [0.717, 1.165) is 0 Å². The van der Waals surface area contributed by atoms with Crippen molar-refractivity contribution in [3.05, 3.63) is 105 Å². The number of carbonyl (C=O) groups is 1. The summed E-state index contributed by atoms with van der Waals surface area (Å²) in [6, 6.07) is 19.4. The number of anilines is 1. The summed E-state index contributed by atoms with van der Waals surface area (Å²) in [6.45, 7) is 1.74. The fraction of sp³-hybridized carbons (Fsp3) is 0.0455. The molecule has 0 bridgehead atoms. The summed E-state index contributed by atoms with van der Waals surface area (Å²) in [5.41, 5.74) is 1.40. The number of nitro groups is 1. The van der Waals surface area contributed by atoms with Gasteiger partial charge in [-0.2, -0.15) is 0 Å². The zero-order valence-corrected chi connectivity index (χ0v) is 15.9. The van der Waals surface area contributed by atoms with Crippen LogP contribution in [0.5, 0.6) is 0 Å². The van der Waals surface area contributed by atoms with Crippen LogP contribution in [-0.2, 0) is 0 Å². The van der Waals surface area contributed by atoms with E-state index in [0.29, 0.717) is 28.1 Å². The highest BCUT2D eigenvalue weighted by molar-refractivity contribution is 6.04. The third kappa shape index (κ3) is 3.53. The number of nitrogens with zero attached hydrogens (tertiary/aromatic N) is 3. The lowest BCUT2D eigenvalue weighted by Gasteiger charge is -2.12. The van der Waals surface area contributed by atoms with Crippen molar-refractivity contribution >= 4 is 28.2 Å². The van der Waals surface area contributed by atoms with E-state index in [1.807, 2.05) is 6.07 Å². The van der Waals surface area contributed by atoms with Gasteiger partial charge in [0.05, 0.1) is 21.5 Å². The molecule has 1 N–H and O–H groups in total. The van der Waals surface area contributed by atoms with Crippen LogP contribution in [0.1, 0.15) is 16.2 Å².